The second kappa shape index (κ2) is 6.98. The van der Waals surface area contributed by atoms with E-state index in [1.54, 1.807) is 12.3 Å². The van der Waals surface area contributed by atoms with Gasteiger partial charge in [0.25, 0.3) is 0 Å². The lowest BCUT2D eigenvalue weighted by Crippen LogP contribution is -2.25. The van der Waals surface area contributed by atoms with Crippen LogP contribution in [0.4, 0.5) is 8.78 Å². The van der Waals surface area contributed by atoms with Crippen LogP contribution in [0, 0.1) is 17.6 Å². The van der Waals surface area contributed by atoms with Gasteiger partial charge in [-0.1, -0.05) is 18.2 Å². The molecular weight excluding hydrogens is 300 g/mol. The maximum atomic E-state index is 13.3. The number of rotatable bonds is 3. The van der Waals surface area contributed by atoms with Gasteiger partial charge >= 0.3 is 0 Å². The predicted octanol–water partition coefficient (Wildman–Crippen LogP) is 4.26. The van der Waals surface area contributed by atoms with Crippen LogP contribution in [-0.2, 0) is 9.47 Å². The second-order valence-electron chi connectivity index (χ2n) is 5.39. The van der Waals surface area contributed by atoms with E-state index < -0.39 is 17.9 Å². The third kappa shape index (κ3) is 3.63. The molecule has 1 saturated heterocycles. The Kier molecular flexibility index (Phi) is 4.79. The smallest absolute Gasteiger partial charge is 0.185 e. The summed E-state index contributed by atoms with van der Waals surface area (Å²) < 4.78 is 37.6. The summed E-state index contributed by atoms with van der Waals surface area (Å²) in [7, 11) is 0. The number of pyridine rings is 1. The molecule has 0 bridgehead atoms. The number of hydrogen-bond donors (Lipinski definition) is 0. The first kappa shape index (κ1) is 15.8. The first-order chi connectivity index (χ1) is 11.2. The van der Waals surface area contributed by atoms with E-state index in [0.717, 1.165) is 17.7 Å². The van der Waals surface area contributed by atoms with Gasteiger partial charge in [0.1, 0.15) is 0 Å². The van der Waals surface area contributed by atoms with Gasteiger partial charge in [0, 0.05) is 23.2 Å². The minimum atomic E-state index is -0.887. The van der Waals surface area contributed by atoms with Crippen LogP contribution in [0.2, 0.25) is 0 Å². The molecule has 2 heterocycles. The Balaban J connectivity index is 1.71. The van der Waals surface area contributed by atoms with Gasteiger partial charge in [-0.05, 0) is 31.2 Å². The van der Waals surface area contributed by atoms with E-state index in [1.807, 2.05) is 19.1 Å². The van der Waals surface area contributed by atoms with Crippen LogP contribution in [0.5, 0.6) is 0 Å². The van der Waals surface area contributed by atoms with Crippen molar-refractivity contribution in [3.05, 3.63) is 65.9 Å². The zero-order valence-electron chi connectivity index (χ0n) is 12.7. The van der Waals surface area contributed by atoms with Gasteiger partial charge in [-0.3, -0.25) is 4.98 Å². The van der Waals surface area contributed by atoms with E-state index in [2.05, 4.69) is 11.1 Å². The lowest BCUT2D eigenvalue weighted by Gasteiger charge is -2.28. The Hall–Kier alpha value is -2.11. The van der Waals surface area contributed by atoms with Gasteiger partial charge in [-0.15, -0.1) is 0 Å². The summed E-state index contributed by atoms with van der Waals surface area (Å²) >= 11 is 0. The van der Waals surface area contributed by atoms with Crippen molar-refractivity contribution in [1.29, 1.82) is 0 Å². The number of hydrogen-bond acceptors (Lipinski definition) is 3. The standard InChI is InChI=1S/C18H17F2NO2/c1-2-3-12-10-22-18(23-11-12)14-5-7-17(21-9-14)13-4-6-15(19)16(20)8-13/h2-9,12,18H,10-11H2,1H3/b3-2+. The van der Waals surface area contributed by atoms with E-state index in [0.29, 0.717) is 24.5 Å². The van der Waals surface area contributed by atoms with E-state index in [9.17, 15) is 8.78 Å². The molecule has 0 atom stereocenters. The van der Waals surface area contributed by atoms with Crippen molar-refractivity contribution in [3.63, 3.8) is 0 Å². The average Bonchev–Trinajstić information content (AvgIpc) is 2.59. The molecule has 1 aliphatic heterocycles. The third-order valence-electron chi connectivity index (χ3n) is 3.66. The molecule has 0 aliphatic carbocycles. The highest BCUT2D eigenvalue weighted by Crippen LogP contribution is 2.27. The molecule has 1 aromatic carbocycles. The van der Waals surface area contributed by atoms with Crippen LogP contribution in [0.25, 0.3) is 11.3 Å². The molecule has 2 aromatic rings. The minimum absolute atomic E-state index is 0.269. The molecule has 120 valence electrons. The highest BCUT2D eigenvalue weighted by molar-refractivity contribution is 5.59. The zero-order valence-corrected chi connectivity index (χ0v) is 12.7. The molecule has 3 nitrogen and oxygen atoms in total. The summed E-state index contributed by atoms with van der Waals surface area (Å²) in [6, 6.07) is 7.29. The van der Waals surface area contributed by atoms with Gasteiger partial charge in [0.05, 0.1) is 18.9 Å². The lowest BCUT2D eigenvalue weighted by atomic mass is 10.1. The Morgan fingerprint density at radius 1 is 1.09 bits per heavy atom. The van der Waals surface area contributed by atoms with E-state index >= 15 is 0 Å². The Labute approximate surface area is 133 Å². The molecule has 0 spiro atoms. The molecule has 0 unspecified atom stereocenters. The SMILES string of the molecule is C/C=C/C1COC(c2ccc(-c3ccc(F)c(F)c3)nc2)OC1. The Morgan fingerprint density at radius 3 is 2.48 bits per heavy atom. The Bertz CT molecular complexity index is 693. The molecule has 0 saturated carbocycles. The van der Waals surface area contributed by atoms with Crippen LogP contribution in [-0.4, -0.2) is 18.2 Å². The number of ether oxygens (including phenoxy) is 2. The quantitative estimate of drug-likeness (QED) is 0.793. The summed E-state index contributed by atoms with van der Waals surface area (Å²) in [6.07, 6.45) is 5.23. The maximum Gasteiger partial charge on any atom is 0.185 e. The van der Waals surface area contributed by atoms with E-state index in [4.69, 9.17) is 9.47 Å². The van der Waals surface area contributed by atoms with Crippen molar-refractivity contribution in [3.8, 4) is 11.3 Å². The molecule has 0 N–H and O–H groups in total. The van der Waals surface area contributed by atoms with Crippen LogP contribution in [0.3, 0.4) is 0 Å². The highest BCUT2D eigenvalue weighted by Gasteiger charge is 2.22. The average molecular weight is 317 g/mol. The number of halogens is 2. The monoisotopic (exact) mass is 317 g/mol. The molecule has 23 heavy (non-hydrogen) atoms. The van der Waals surface area contributed by atoms with Crippen LogP contribution in [0.15, 0.2) is 48.7 Å². The fraction of sp³-hybridized carbons (Fsp3) is 0.278. The maximum absolute atomic E-state index is 13.3. The third-order valence-corrected chi connectivity index (χ3v) is 3.66. The summed E-state index contributed by atoms with van der Waals surface area (Å²) in [5, 5.41) is 0. The number of allylic oxidation sites excluding steroid dienone is 1. The largest absolute Gasteiger partial charge is 0.348 e. The van der Waals surface area contributed by atoms with Crippen molar-refractivity contribution in [2.24, 2.45) is 5.92 Å². The zero-order chi connectivity index (χ0) is 16.2. The molecule has 3 rings (SSSR count). The predicted molar refractivity (Wildman–Crippen MR) is 82.5 cm³/mol. The van der Waals surface area contributed by atoms with Crippen molar-refractivity contribution in [2.45, 2.75) is 13.2 Å². The normalized spacial score (nSPS) is 21.7. The van der Waals surface area contributed by atoms with Crippen molar-refractivity contribution in [2.75, 3.05) is 13.2 Å². The van der Waals surface area contributed by atoms with Crippen LogP contribution in [0.1, 0.15) is 18.8 Å². The Morgan fingerprint density at radius 2 is 1.87 bits per heavy atom. The molecule has 0 amide bonds. The first-order valence-corrected chi connectivity index (χ1v) is 7.45. The fourth-order valence-corrected chi connectivity index (χ4v) is 2.46. The first-order valence-electron chi connectivity index (χ1n) is 7.45. The van der Waals surface area contributed by atoms with Crippen molar-refractivity contribution in [1.82, 2.24) is 4.98 Å². The van der Waals surface area contributed by atoms with Gasteiger partial charge in [0.2, 0.25) is 0 Å². The van der Waals surface area contributed by atoms with Gasteiger partial charge in [-0.2, -0.15) is 0 Å². The van der Waals surface area contributed by atoms with Crippen LogP contribution >= 0.6 is 0 Å². The summed E-state index contributed by atoms with van der Waals surface area (Å²) in [6.45, 7) is 3.16. The number of aromatic nitrogens is 1. The molecule has 1 fully saturated rings. The molecule has 0 radical (unpaired) electrons. The van der Waals surface area contributed by atoms with Gasteiger partial charge in [0.15, 0.2) is 17.9 Å². The van der Waals surface area contributed by atoms with Gasteiger partial charge in [-0.25, -0.2) is 8.78 Å². The van der Waals surface area contributed by atoms with Crippen LogP contribution < -0.4 is 0 Å². The van der Waals surface area contributed by atoms with E-state index in [1.165, 1.54) is 6.07 Å². The lowest BCUT2D eigenvalue weighted by molar-refractivity contribution is -0.197. The summed E-state index contributed by atoms with van der Waals surface area (Å²) in [4.78, 5) is 4.29. The highest BCUT2D eigenvalue weighted by atomic mass is 19.2. The van der Waals surface area contributed by atoms with Crippen molar-refractivity contribution < 1.29 is 18.3 Å². The van der Waals surface area contributed by atoms with Gasteiger partial charge < -0.3 is 9.47 Å². The van der Waals surface area contributed by atoms with Crippen molar-refractivity contribution >= 4 is 0 Å². The molecule has 5 heteroatoms. The molecule has 1 aromatic heterocycles. The molecular formula is C18H17F2NO2. The minimum Gasteiger partial charge on any atom is -0.348 e. The number of nitrogens with zero attached hydrogens (tertiary/aromatic N) is 1. The second-order valence-corrected chi connectivity index (χ2v) is 5.39. The fourth-order valence-electron chi connectivity index (χ4n) is 2.46. The molecule has 1 aliphatic rings. The number of benzene rings is 1. The topological polar surface area (TPSA) is 31.4 Å². The summed E-state index contributed by atoms with van der Waals surface area (Å²) in [5.41, 5.74) is 1.89. The summed E-state index contributed by atoms with van der Waals surface area (Å²) in [5.74, 6) is -1.49. The van der Waals surface area contributed by atoms with E-state index in [-0.39, 0.29) is 5.92 Å².